The number of aromatic nitrogens is 2. The maximum atomic E-state index is 12.9. The number of ketones is 1. The van der Waals surface area contributed by atoms with Crippen LogP contribution in [0, 0.1) is 0 Å². The van der Waals surface area contributed by atoms with Crippen molar-refractivity contribution in [2.24, 2.45) is 7.05 Å². The summed E-state index contributed by atoms with van der Waals surface area (Å²) in [6, 6.07) is 16.8. The number of benzene rings is 2. The summed E-state index contributed by atoms with van der Waals surface area (Å²) in [5.74, 6) is 1.12. The molecular formula is C23H20N2O4S2. The van der Waals surface area contributed by atoms with Gasteiger partial charge in [0.2, 0.25) is 0 Å². The number of thiophene rings is 1. The van der Waals surface area contributed by atoms with Crippen LogP contribution in [0.4, 0.5) is 0 Å². The number of fused-ring (bicyclic) bond motifs is 1. The average Bonchev–Trinajstić information content (AvgIpc) is 3.24. The molecule has 0 unspecified atom stereocenters. The molecule has 0 spiro atoms. The third-order valence-corrected chi connectivity index (χ3v) is 6.94. The third kappa shape index (κ3) is 4.22. The summed E-state index contributed by atoms with van der Waals surface area (Å²) in [5.41, 5.74) is 1.44. The summed E-state index contributed by atoms with van der Waals surface area (Å²) < 4.78 is 12.0. The summed E-state index contributed by atoms with van der Waals surface area (Å²) in [7, 11) is 4.75. The lowest BCUT2D eigenvalue weighted by Crippen LogP contribution is -2.19. The molecule has 6 nitrogen and oxygen atoms in total. The maximum absolute atomic E-state index is 12.9. The van der Waals surface area contributed by atoms with Crippen molar-refractivity contribution >= 4 is 39.1 Å². The molecule has 2 aromatic carbocycles. The van der Waals surface area contributed by atoms with Crippen LogP contribution in [-0.4, -0.2) is 35.3 Å². The van der Waals surface area contributed by atoms with Gasteiger partial charge in [0.25, 0.3) is 5.56 Å². The van der Waals surface area contributed by atoms with Crippen molar-refractivity contribution in [3.8, 4) is 21.9 Å². The molecule has 158 valence electrons. The first-order chi connectivity index (χ1) is 15.0. The highest BCUT2D eigenvalue weighted by molar-refractivity contribution is 7.99. The number of carbonyl (C=O) groups is 1. The lowest BCUT2D eigenvalue weighted by molar-refractivity contribution is 0.102. The van der Waals surface area contributed by atoms with Gasteiger partial charge in [-0.15, -0.1) is 11.3 Å². The van der Waals surface area contributed by atoms with Gasteiger partial charge in [-0.2, -0.15) is 0 Å². The Bertz CT molecular complexity index is 1310. The van der Waals surface area contributed by atoms with Crippen LogP contribution in [0.1, 0.15) is 10.4 Å². The molecule has 2 aromatic heterocycles. The number of hydrogen-bond acceptors (Lipinski definition) is 7. The number of rotatable bonds is 7. The Hall–Kier alpha value is -3.10. The first kappa shape index (κ1) is 21.1. The summed E-state index contributed by atoms with van der Waals surface area (Å²) in [6.07, 6.45) is 0. The minimum absolute atomic E-state index is 0.0866. The molecular weight excluding hydrogens is 432 g/mol. The molecule has 0 saturated heterocycles. The quantitative estimate of drug-likeness (QED) is 0.231. The third-order valence-electron chi connectivity index (χ3n) is 4.83. The Kier molecular flexibility index (Phi) is 6.11. The summed E-state index contributed by atoms with van der Waals surface area (Å²) in [5, 5.41) is 1.09. The fourth-order valence-electron chi connectivity index (χ4n) is 3.14. The van der Waals surface area contributed by atoms with E-state index in [0.29, 0.717) is 32.4 Å². The molecule has 2 heterocycles. The molecule has 0 bridgehead atoms. The number of Topliss-reactive ketones (excluding diaryl/α,β-unsaturated/α-hetero) is 1. The van der Waals surface area contributed by atoms with Crippen LogP contribution in [0.3, 0.4) is 0 Å². The van der Waals surface area contributed by atoms with Gasteiger partial charge in [-0.3, -0.25) is 14.2 Å². The van der Waals surface area contributed by atoms with Crippen molar-refractivity contribution in [3.05, 3.63) is 70.5 Å². The van der Waals surface area contributed by atoms with E-state index in [1.165, 1.54) is 34.8 Å². The summed E-state index contributed by atoms with van der Waals surface area (Å²) in [6.45, 7) is 0. The summed E-state index contributed by atoms with van der Waals surface area (Å²) >= 11 is 2.72. The number of carbonyl (C=O) groups excluding carboxylic acids is 1. The van der Waals surface area contributed by atoms with Gasteiger partial charge in [-0.25, -0.2) is 4.98 Å². The lowest BCUT2D eigenvalue weighted by Gasteiger charge is -2.09. The second kappa shape index (κ2) is 8.95. The lowest BCUT2D eigenvalue weighted by atomic mass is 10.1. The van der Waals surface area contributed by atoms with Crippen molar-refractivity contribution in [2.75, 3.05) is 20.0 Å². The highest BCUT2D eigenvalue weighted by Gasteiger charge is 2.16. The van der Waals surface area contributed by atoms with Gasteiger partial charge >= 0.3 is 0 Å². The van der Waals surface area contributed by atoms with Gasteiger partial charge < -0.3 is 9.47 Å². The molecule has 0 fully saturated rings. The topological polar surface area (TPSA) is 70.4 Å². The van der Waals surface area contributed by atoms with Gasteiger partial charge in [0, 0.05) is 17.5 Å². The van der Waals surface area contributed by atoms with Gasteiger partial charge in [0.1, 0.15) is 4.83 Å². The number of ether oxygens (including phenoxy) is 2. The van der Waals surface area contributed by atoms with E-state index >= 15 is 0 Å². The van der Waals surface area contributed by atoms with Gasteiger partial charge in [-0.1, -0.05) is 42.1 Å². The highest BCUT2D eigenvalue weighted by atomic mass is 32.2. The number of methoxy groups -OCH3 is 2. The molecule has 0 aliphatic carbocycles. The highest BCUT2D eigenvalue weighted by Crippen LogP contribution is 2.32. The molecule has 0 aliphatic rings. The maximum Gasteiger partial charge on any atom is 0.262 e. The van der Waals surface area contributed by atoms with E-state index in [1.54, 1.807) is 32.4 Å². The standard InChI is InChI=1S/C23H20N2O4S2/c1-25-22(27)16-12-20(14-7-5-4-6-8-14)31-21(16)24-23(25)30-13-17(26)15-9-10-18(28-2)19(11-15)29-3/h4-12H,13H2,1-3H3. The van der Waals surface area contributed by atoms with Crippen molar-refractivity contribution in [3.63, 3.8) is 0 Å². The Morgan fingerprint density at radius 3 is 2.52 bits per heavy atom. The second-order valence-electron chi connectivity index (χ2n) is 6.74. The van der Waals surface area contributed by atoms with Crippen LogP contribution in [0.25, 0.3) is 20.7 Å². The first-order valence-electron chi connectivity index (χ1n) is 9.46. The van der Waals surface area contributed by atoms with E-state index in [2.05, 4.69) is 4.98 Å². The van der Waals surface area contributed by atoms with Gasteiger partial charge in [0.15, 0.2) is 22.4 Å². The average molecular weight is 453 g/mol. The fourth-order valence-corrected chi connectivity index (χ4v) is 5.09. The molecule has 4 rings (SSSR count). The van der Waals surface area contributed by atoms with Crippen molar-refractivity contribution in [1.29, 1.82) is 0 Å². The van der Waals surface area contributed by atoms with Crippen LogP contribution >= 0.6 is 23.1 Å². The summed E-state index contributed by atoms with van der Waals surface area (Å²) in [4.78, 5) is 31.9. The minimum Gasteiger partial charge on any atom is -0.493 e. The largest absolute Gasteiger partial charge is 0.493 e. The minimum atomic E-state index is -0.121. The molecule has 0 amide bonds. The van der Waals surface area contributed by atoms with E-state index in [4.69, 9.17) is 9.47 Å². The first-order valence-corrected chi connectivity index (χ1v) is 11.3. The van der Waals surface area contributed by atoms with Crippen molar-refractivity contribution < 1.29 is 14.3 Å². The van der Waals surface area contributed by atoms with Gasteiger partial charge in [-0.05, 0) is 29.8 Å². The predicted molar refractivity (Wildman–Crippen MR) is 125 cm³/mol. The Balaban J connectivity index is 1.59. The smallest absolute Gasteiger partial charge is 0.262 e. The van der Waals surface area contributed by atoms with Crippen LogP contribution in [0.2, 0.25) is 0 Å². The van der Waals surface area contributed by atoms with E-state index in [1.807, 2.05) is 36.4 Å². The Labute approximate surface area is 187 Å². The molecule has 0 saturated carbocycles. The zero-order valence-corrected chi connectivity index (χ0v) is 18.9. The molecule has 0 N–H and O–H groups in total. The molecule has 0 aliphatic heterocycles. The van der Waals surface area contributed by atoms with Crippen LogP contribution in [0.5, 0.6) is 11.5 Å². The van der Waals surface area contributed by atoms with E-state index in [9.17, 15) is 9.59 Å². The number of hydrogen-bond donors (Lipinski definition) is 0. The van der Waals surface area contributed by atoms with E-state index in [0.717, 1.165) is 10.4 Å². The van der Waals surface area contributed by atoms with Gasteiger partial charge in [0.05, 0.1) is 25.4 Å². The van der Waals surface area contributed by atoms with Crippen molar-refractivity contribution in [2.45, 2.75) is 5.16 Å². The molecule has 0 atom stereocenters. The monoisotopic (exact) mass is 452 g/mol. The van der Waals surface area contributed by atoms with Crippen LogP contribution in [-0.2, 0) is 7.05 Å². The Morgan fingerprint density at radius 2 is 1.81 bits per heavy atom. The SMILES string of the molecule is COc1ccc(C(=O)CSc2nc3sc(-c4ccccc4)cc3c(=O)n2C)cc1OC. The zero-order valence-electron chi connectivity index (χ0n) is 17.2. The predicted octanol–water partition coefficient (Wildman–Crippen LogP) is 4.65. The molecule has 4 aromatic rings. The zero-order chi connectivity index (χ0) is 22.0. The van der Waals surface area contributed by atoms with E-state index < -0.39 is 0 Å². The number of nitrogens with zero attached hydrogens (tertiary/aromatic N) is 2. The van der Waals surface area contributed by atoms with Crippen molar-refractivity contribution in [1.82, 2.24) is 9.55 Å². The molecule has 8 heteroatoms. The second-order valence-corrected chi connectivity index (χ2v) is 8.71. The van der Waals surface area contributed by atoms with Crippen LogP contribution in [0.15, 0.2) is 64.5 Å². The normalized spacial score (nSPS) is 10.9. The fraction of sp³-hybridized carbons (Fsp3) is 0.174. The van der Waals surface area contributed by atoms with Crippen LogP contribution < -0.4 is 15.0 Å². The molecule has 0 radical (unpaired) electrons. The number of thioether (sulfide) groups is 1. The molecule has 31 heavy (non-hydrogen) atoms. The van der Waals surface area contributed by atoms with E-state index in [-0.39, 0.29) is 17.1 Å². The Morgan fingerprint density at radius 1 is 1.06 bits per heavy atom.